The lowest BCUT2D eigenvalue weighted by Gasteiger charge is -2.15. The molecule has 0 unspecified atom stereocenters. The standard InChI is InChI=1S/C6H14O2S.C4H10O4S.CH4/c1-6(2,3)5-9(4,7)8;1-4(2,3)8-9(5,6)7;/h5H2,1-4H3;1-3H3,(H,5,6,7);1H4. The Hall–Kier alpha value is -0.180. The summed E-state index contributed by atoms with van der Waals surface area (Å²) in [6.07, 6.45) is 1.26. The number of rotatable bonds is 2. The molecule has 6 nitrogen and oxygen atoms in total. The summed E-state index contributed by atoms with van der Waals surface area (Å²) in [4.78, 5) is 0. The van der Waals surface area contributed by atoms with Gasteiger partial charge in [-0.1, -0.05) is 28.2 Å². The summed E-state index contributed by atoms with van der Waals surface area (Å²) in [5, 5.41) is 0. The van der Waals surface area contributed by atoms with Gasteiger partial charge in [0.15, 0.2) is 0 Å². The van der Waals surface area contributed by atoms with Crippen molar-refractivity contribution < 1.29 is 25.6 Å². The predicted octanol–water partition coefficient (Wildman–Crippen LogP) is 2.32. The van der Waals surface area contributed by atoms with E-state index in [2.05, 4.69) is 4.18 Å². The Kier molecular flexibility index (Phi) is 9.50. The van der Waals surface area contributed by atoms with E-state index in [9.17, 15) is 16.8 Å². The molecule has 0 amide bonds. The van der Waals surface area contributed by atoms with Crippen molar-refractivity contribution in [2.75, 3.05) is 12.0 Å². The van der Waals surface area contributed by atoms with Crippen molar-refractivity contribution in [3.05, 3.63) is 0 Å². The molecule has 0 spiro atoms. The Morgan fingerprint density at radius 2 is 1.26 bits per heavy atom. The maximum absolute atomic E-state index is 10.6. The maximum atomic E-state index is 10.6. The van der Waals surface area contributed by atoms with Crippen LogP contribution >= 0.6 is 0 Å². The van der Waals surface area contributed by atoms with Gasteiger partial charge in [-0.05, 0) is 26.2 Å². The van der Waals surface area contributed by atoms with Crippen LogP contribution < -0.4 is 0 Å². The predicted molar refractivity (Wildman–Crippen MR) is 78.3 cm³/mol. The summed E-state index contributed by atoms with van der Waals surface area (Å²) in [6, 6.07) is 0. The summed E-state index contributed by atoms with van der Waals surface area (Å²) < 4.78 is 53.5. The summed E-state index contributed by atoms with van der Waals surface area (Å²) >= 11 is 0. The Labute approximate surface area is 118 Å². The van der Waals surface area contributed by atoms with E-state index in [1.165, 1.54) is 27.0 Å². The molecule has 0 fully saturated rings. The van der Waals surface area contributed by atoms with E-state index < -0.39 is 25.8 Å². The number of sulfone groups is 1. The number of hydrogen-bond donors (Lipinski definition) is 1. The second-order valence-corrected chi connectivity index (χ2v) is 9.42. The summed E-state index contributed by atoms with van der Waals surface area (Å²) in [5.41, 5.74) is -0.957. The van der Waals surface area contributed by atoms with Crippen LogP contribution in [0.1, 0.15) is 49.0 Å². The van der Waals surface area contributed by atoms with Crippen LogP contribution in [0.2, 0.25) is 0 Å². The van der Waals surface area contributed by atoms with Crippen molar-refractivity contribution >= 4 is 20.2 Å². The highest BCUT2D eigenvalue weighted by Crippen LogP contribution is 2.14. The molecule has 0 radical (unpaired) electrons. The Bertz CT molecular complexity index is 391. The van der Waals surface area contributed by atoms with E-state index in [4.69, 9.17) is 4.55 Å². The lowest BCUT2D eigenvalue weighted by molar-refractivity contribution is 0.119. The molecule has 0 aromatic carbocycles. The molecule has 0 heterocycles. The largest absolute Gasteiger partial charge is 0.397 e. The van der Waals surface area contributed by atoms with E-state index in [-0.39, 0.29) is 18.6 Å². The molecule has 0 saturated carbocycles. The van der Waals surface area contributed by atoms with Crippen LogP contribution in [0.15, 0.2) is 0 Å². The van der Waals surface area contributed by atoms with E-state index in [0.717, 1.165) is 0 Å². The smallest absolute Gasteiger partial charge is 0.264 e. The molecule has 1 N–H and O–H groups in total. The van der Waals surface area contributed by atoms with Crippen molar-refractivity contribution in [3.8, 4) is 0 Å². The maximum Gasteiger partial charge on any atom is 0.397 e. The minimum Gasteiger partial charge on any atom is -0.264 e. The summed E-state index contributed by atoms with van der Waals surface area (Å²) in [7, 11) is -7.06. The Morgan fingerprint density at radius 3 is 1.26 bits per heavy atom. The minimum atomic E-state index is -4.28. The monoisotopic (exact) mass is 320 g/mol. The summed E-state index contributed by atoms with van der Waals surface area (Å²) in [6.45, 7) is 10.3. The van der Waals surface area contributed by atoms with Gasteiger partial charge >= 0.3 is 10.4 Å². The normalized spacial score (nSPS) is 13.1. The Morgan fingerprint density at radius 1 is 0.947 bits per heavy atom. The van der Waals surface area contributed by atoms with Crippen LogP contribution in [0.5, 0.6) is 0 Å². The fraction of sp³-hybridized carbons (Fsp3) is 1.00. The average Bonchev–Trinajstić information content (AvgIpc) is 1.64. The molecule has 0 bridgehead atoms. The topological polar surface area (TPSA) is 97.7 Å². The molecule has 0 atom stereocenters. The summed E-state index contributed by atoms with van der Waals surface area (Å²) in [5.74, 6) is 0.264. The molecule has 0 aliphatic heterocycles. The minimum absolute atomic E-state index is 0. The highest BCUT2D eigenvalue weighted by molar-refractivity contribution is 7.90. The van der Waals surface area contributed by atoms with E-state index in [1.807, 2.05) is 20.8 Å². The third-order valence-electron chi connectivity index (χ3n) is 1.05. The molecule has 0 saturated heterocycles. The van der Waals surface area contributed by atoms with Crippen LogP contribution in [0.3, 0.4) is 0 Å². The van der Waals surface area contributed by atoms with Gasteiger partial charge in [-0.2, -0.15) is 8.42 Å². The zero-order chi connectivity index (χ0) is 15.4. The van der Waals surface area contributed by atoms with Gasteiger partial charge in [0.25, 0.3) is 0 Å². The van der Waals surface area contributed by atoms with Crippen LogP contribution in [0.25, 0.3) is 0 Å². The van der Waals surface area contributed by atoms with Gasteiger partial charge in [0.1, 0.15) is 9.84 Å². The SMILES string of the molecule is C.CC(C)(C)CS(C)(=O)=O.CC(C)(C)OS(=O)(=O)O. The van der Waals surface area contributed by atoms with Crippen LogP contribution in [0.4, 0.5) is 0 Å². The van der Waals surface area contributed by atoms with E-state index in [0.29, 0.717) is 0 Å². The first kappa shape index (κ1) is 23.9. The fourth-order valence-corrected chi connectivity index (χ4v) is 3.31. The molecule has 0 aliphatic carbocycles. The van der Waals surface area contributed by atoms with Gasteiger partial charge in [0.05, 0.1) is 11.4 Å². The van der Waals surface area contributed by atoms with Gasteiger partial charge in [-0.25, -0.2) is 12.6 Å². The first-order valence-corrected chi connectivity index (χ1v) is 8.70. The molecule has 0 aromatic heterocycles. The van der Waals surface area contributed by atoms with Gasteiger partial charge in [-0.15, -0.1) is 0 Å². The van der Waals surface area contributed by atoms with Crippen molar-refractivity contribution in [1.29, 1.82) is 0 Å². The molecule has 120 valence electrons. The second-order valence-electron chi connectivity index (χ2n) is 6.25. The van der Waals surface area contributed by atoms with Gasteiger partial charge in [0, 0.05) is 6.26 Å². The lowest BCUT2D eigenvalue weighted by Crippen LogP contribution is -2.23. The van der Waals surface area contributed by atoms with E-state index in [1.54, 1.807) is 0 Å². The van der Waals surface area contributed by atoms with Crippen LogP contribution in [-0.2, 0) is 24.4 Å². The first-order chi connectivity index (χ1) is 7.41. The number of hydrogen-bond acceptors (Lipinski definition) is 5. The van der Waals surface area contributed by atoms with Gasteiger partial charge in [-0.3, -0.25) is 4.55 Å². The zero-order valence-corrected chi connectivity index (χ0v) is 13.6. The van der Waals surface area contributed by atoms with E-state index >= 15 is 0 Å². The second kappa shape index (κ2) is 7.56. The van der Waals surface area contributed by atoms with Crippen LogP contribution in [0, 0.1) is 5.41 Å². The quantitative estimate of drug-likeness (QED) is 0.784. The highest BCUT2D eigenvalue weighted by atomic mass is 32.3. The van der Waals surface area contributed by atoms with Crippen molar-refractivity contribution in [1.82, 2.24) is 0 Å². The fourth-order valence-electron chi connectivity index (χ4n) is 1.10. The molecule has 19 heavy (non-hydrogen) atoms. The van der Waals surface area contributed by atoms with Gasteiger partial charge in [0.2, 0.25) is 0 Å². The molecule has 8 heteroatoms. The molecule has 0 aromatic rings. The molecular weight excluding hydrogens is 292 g/mol. The van der Waals surface area contributed by atoms with Crippen molar-refractivity contribution in [2.45, 2.75) is 54.6 Å². The van der Waals surface area contributed by atoms with Gasteiger partial charge < -0.3 is 0 Å². The van der Waals surface area contributed by atoms with Crippen molar-refractivity contribution in [2.24, 2.45) is 5.41 Å². The highest BCUT2D eigenvalue weighted by Gasteiger charge is 2.18. The third-order valence-corrected chi connectivity index (χ3v) is 3.15. The molecular formula is C11H28O6S2. The first-order valence-electron chi connectivity index (χ1n) is 5.27. The molecule has 0 aliphatic rings. The van der Waals surface area contributed by atoms with Crippen LogP contribution in [-0.4, -0.2) is 39.0 Å². The third kappa shape index (κ3) is 31.9. The average molecular weight is 320 g/mol. The zero-order valence-electron chi connectivity index (χ0n) is 12.0. The van der Waals surface area contributed by atoms with Crippen molar-refractivity contribution in [3.63, 3.8) is 0 Å². The Balaban J connectivity index is -0.000000256. The molecule has 0 rings (SSSR count). The lowest BCUT2D eigenvalue weighted by atomic mass is 10.0.